The Hall–Kier alpha value is -1.14. The van der Waals surface area contributed by atoms with Crippen molar-refractivity contribution in [1.82, 2.24) is 10.2 Å². The number of piperazine rings is 1. The van der Waals surface area contributed by atoms with Crippen molar-refractivity contribution in [3.8, 4) is 0 Å². The number of nitrogens with zero attached hydrogens (tertiary/aromatic N) is 1. The molecule has 1 fully saturated rings. The van der Waals surface area contributed by atoms with Crippen molar-refractivity contribution in [1.29, 1.82) is 0 Å². The number of benzene rings is 1. The lowest BCUT2D eigenvalue weighted by atomic mass is 10.1. The average molecular weight is 276 g/mol. The molecule has 0 amide bonds. The Balaban J connectivity index is 2.13. The molecule has 0 bridgehead atoms. The van der Waals surface area contributed by atoms with Crippen LogP contribution in [0.25, 0.3) is 0 Å². The van der Waals surface area contributed by atoms with E-state index < -0.39 is 17.6 Å². The van der Waals surface area contributed by atoms with Crippen molar-refractivity contribution in [2.24, 2.45) is 0 Å². The summed E-state index contributed by atoms with van der Waals surface area (Å²) in [6.07, 6.45) is -4.64. The highest BCUT2D eigenvalue weighted by atomic mass is 19.4. The standard InChI is InChI=1S/C13H16F4N2/c1-9-7-19(5-4-18-9)8-10-2-3-12(14)11(6-10)13(15,16)17/h2-3,6,9,18H,4-5,7-8H2,1H3/t9-/m1/s1. The highest BCUT2D eigenvalue weighted by Crippen LogP contribution is 2.32. The molecular formula is C13H16F4N2. The second-order valence-electron chi connectivity index (χ2n) is 4.90. The van der Waals surface area contributed by atoms with Crippen LogP contribution in [0.5, 0.6) is 0 Å². The van der Waals surface area contributed by atoms with E-state index in [2.05, 4.69) is 10.2 Å². The molecule has 106 valence electrons. The van der Waals surface area contributed by atoms with Crippen molar-refractivity contribution in [3.05, 3.63) is 35.1 Å². The molecule has 0 aliphatic carbocycles. The van der Waals surface area contributed by atoms with E-state index in [0.29, 0.717) is 18.2 Å². The molecule has 1 aliphatic rings. The molecular weight excluding hydrogens is 260 g/mol. The second kappa shape index (κ2) is 5.46. The Labute approximate surface area is 109 Å². The average Bonchev–Trinajstić information content (AvgIpc) is 2.30. The normalized spacial score (nSPS) is 21.6. The van der Waals surface area contributed by atoms with Crippen LogP contribution < -0.4 is 5.32 Å². The first-order valence-corrected chi connectivity index (χ1v) is 6.17. The molecule has 0 saturated carbocycles. The Morgan fingerprint density at radius 3 is 2.74 bits per heavy atom. The third kappa shape index (κ3) is 3.67. The van der Waals surface area contributed by atoms with Gasteiger partial charge in [0, 0.05) is 32.2 Å². The van der Waals surface area contributed by atoms with E-state index in [0.717, 1.165) is 31.8 Å². The smallest absolute Gasteiger partial charge is 0.312 e. The summed E-state index contributed by atoms with van der Waals surface area (Å²) >= 11 is 0. The molecule has 1 heterocycles. The zero-order valence-electron chi connectivity index (χ0n) is 10.6. The fraction of sp³-hybridized carbons (Fsp3) is 0.538. The largest absolute Gasteiger partial charge is 0.419 e. The van der Waals surface area contributed by atoms with Crippen LogP contribution in [0.1, 0.15) is 18.1 Å². The second-order valence-corrected chi connectivity index (χ2v) is 4.90. The Morgan fingerprint density at radius 1 is 1.37 bits per heavy atom. The quantitative estimate of drug-likeness (QED) is 0.835. The molecule has 1 aromatic carbocycles. The molecule has 2 nitrogen and oxygen atoms in total. The van der Waals surface area contributed by atoms with E-state index in [9.17, 15) is 17.6 Å². The summed E-state index contributed by atoms with van der Waals surface area (Å²) in [5.41, 5.74) is -0.698. The molecule has 0 aromatic heterocycles. The van der Waals surface area contributed by atoms with Crippen LogP contribution in [0.15, 0.2) is 18.2 Å². The lowest BCUT2D eigenvalue weighted by Gasteiger charge is -2.31. The van der Waals surface area contributed by atoms with Gasteiger partial charge in [-0.1, -0.05) is 6.07 Å². The van der Waals surface area contributed by atoms with Gasteiger partial charge in [0.05, 0.1) is 5.56 Å². The molecule has 0 radical (unpaired) electrons. The van der Waals surface area contributed by atoms with E-state index in [1.165, 1.54) is 6.07 Å². The number of hydrogen-bond acceptors (Lipinski definition) is 2. The summed E-state index contributed by atoms with van der Waals surface area (Å²) in [4.78, 5) is 2.06. The monoisotopic (exact) mass is 276 g/mol. The topological polar surface area (TPSA) is 15.3 Å². The summed E-state index contributed by atoms with van der Waals surface area (Å²) in [5, 5.41) is 3.26. The number of hydrogen-bond donors (Lipinski definition) is 1. The van der Waals surface area contributed by atoms with Crippen molar-refractivity contribution < 1.29 is 17.6 Å². The van der Waals surface area contributed by atoms with Crippen LogP contribution in [-0.4, -0.2) is 30.6 Å². The SMILES string of the molecule is C[C@@H]1CN(Cc2ccc(F)c(C(F)(F)F)c2)CCN1. The third-order valence-corrected chi connectivity index (χ3v) is 3.20. The molecule has 19 heavy (non-hydrogen) atoms. The molecule has 1 aliphatic heterocycles. The first-order valence-electron chi connectivity index (χ1n) is 6.17. The lowest BCUT2D eigenvalue weighted by molar-refractivity contribution is -0.140. The molecule has 2 rings (SSSR count). The molecule has 1 atom stereocenters. The van der Waals surface area contributed by atoms with Gasteiger partial charge in [0.15, 0.2) is 0 Å². The fourth-order valence-electron chi connectivity index (χ4n) is 2.30. The van der Waals surface area contributed by atoms with Gasteiger partial charge >= 0.3 is 6.18 Å². The highest BCUT2D eigenvalue weighted by Gasteiger charge is 2.34. The fourth-order valence-corrected chi connectivity index (χ4v) is 2.30. The number of halogens is 4. The molecule has 0 spiro atoms. The summed E-state index contributed by atoms with van der Waals surface area (Å²) in [5.74, 6) is -1.22. The first kappa shape index (κ1) is 14.3. The molecule has 1 saturated heterocycles. The minimum atomic E-state index is -4.64. The van der Waals surface area contributed by atoms with E-state index >= 15 is 0 Å². The van der Waals surface area contributed by atoms with Crippen molar-refractivity contribution in [2.45, 2.75) is 25.7 Å². The maximum Gasteiger partial charge on any atom is 0.419 e. The van der Waals surface area contributed by atoms with E-state index in [4.69, 9.17) is 0 Å². The lowest BCUT2D eigenvalue weighted by Crippen LogP contribution is -2.48. The minimum absolute atomic E-state index is 0.316. The van der Waals surface area contributed by atoms with E-state index in [1.54, 1.807) is 0 Å². The summed E-state index contributed by atoms with van der Waals surface area (Å²) in [6, 6.07) is 3.53. The van der Waals surface area contributed by atoms with Gasteiger partial charge in [0.25, 0.3) is 0 Å². The maximum absolute atomic E-state index is 13.2. The summed E-state index contributed by atoms with van der Waals surface area (Å²) < 4.78 is 51.0. The highest BCUT2D eigenvalue weighted by molar-refractivity contribution is 5.27. The Bertz CT molecular complexity index is 445. The van der Waals surface area contributed by atoms with Crippen LogP contribution in [-0.2, 0) is 12.7 Å². The van der Waals surface area contributed by atoms with Crippen molar-refractivity contribution in [2.75, 3.05) is 19.6 Å². The predicted molar refractivity (Wildman–Crippen MR) is 64.1 cm³/mol. The van der Waals surface area contributed by atoms with Gasteiger partial charge in [-0.2, -0.15) is 13.2 Å². The minimum Gasteiger partial charge on any atom is -0.312 e. The van der Waals surface area contributed by atoms with Gasteiger partial charge in [-0.05, 0) is 24.6 Å². The van der Waals surface area contributed by atoms with Crippen LogP contribution in [0.4, 0.5) is 17.6 Å². The van der Waals surface area contributed by atoms with E-state index in [1.807, 2.05) is 6.92 Å². The van der Waals surface area contributed by atoms with Gasteiger partial charge in [-0.25, -0.2) is 4.39 Å². The van der Waals surface area contributed by atoms with Crippen LogP contribution >= 0.6 is 0 Å². The molecule has 1 N–H and O–H groups in total. The van der Waals surface area contributed by atoms with Gasteiger partial charge in [0.1, 0.15) is 5.82 Å². The number of rotatable bonds is 2. The predicted octanol–water partition coefficient (Wildman–Crippen LogP) is 2.64. The maximum atomic E-state index is 13.2. The molecule has 6 heteroatoms. The number of alkyl halides is 3. The molecule has 0 unspecified atom stereocenters. The first-order chi connectivity index (χ1) is 8.86. The van der Waals surface area contributed by atoms with Crippen LogP contribution in [0, 0.1) is 5.82 Å². The summed E-state index contributed by atoms with van der Waals surface area (Å²) in [6.45, 7) is 4.81. The Morgan fingerprint density at radius 2 is 2.11 bits per heavy atom. The van der Waals surface area contributed by atoms with Crippen LogP contribution in [0.2, 0.25) is 0 Å². The van der Waals surface area contributed by atoms with Gasteiger partial charge in [-0.15, -0.1) is 0 Å². The molecule has 1 aromatic rings. The van der Waals surface area contributed by atoms with Crippen molar-refractivity contribution in [3.63, 3.8) is 0 Å². The third-order valence-electron chi connectivity index (χ3n) is 3.20. The van der Waals surface area contributed by atoms with Crippen molar-refractivity contribution >= 4 is 0 Å². The van der Waals surface area contributed by atoms with Gasteiger partial charge in [-0.3, -0.25) is 4.90 Å². The Kier molecular flexibility index (Phi) is 4.10. The zero-order valence-corrected chi connectivity index (χ0v) is 10.6. The van der Waals surface area contributed by atoms with Gasteiger partial charge in [0.2, 0.25) is 0 Å². The number of nitrogens with one attached hydrogen (secondary N) is 1. The zero-order chi connectivity index (χ0) is 14.0. The van der Waals surface area contributed by atoms with Gasteiger partial charge < -0.3 is 5.32 Å². The van der Waals surface area contributed by atoms with Crippen LogP contribution in [0.3, 0.4) is 0 Å². The van der Waals surface area contributed by atoms with E-state index in [-0.39, 0.29) is 0 Å². The summed E-state index contributed by atoms with van der Waals surface area (Å²) in [7, 11) is 0.